The summed E-state index contributed by atoms with van der Waals surface area (Å²) in [5.41, 5.74) is 11.6. The van der Waals surface area contributed by atoms with E-state index in [-0.39, 0.29) is 0 Å². The zero-order valence-electron chi connectivity index (χ0n) is 14.2. The Kier molecular flexibility index (Phi) is 4.37. The van der Waals surface area contributed by atoms with Gasteiger partial charge in [-0.3, -0.25) is 0 Å². The molecule has 0 amide bonds. The molecule has 3 nitrogen and oxygen atoms in total. The predicted molar refractivity (Wildman–Crippen MR) is 97.7 cm³/mol. The van der Waals surface area contributed by atoms with E-state index in [1.807, 2.05) is 12.1 Å². The third kappa shape index (κ3) is 2.96. The van der Waals surface area contributed by atoms with Gasteiger partial charge in [0.2, 0.25) is 0 Å². The first-order valence-electron chi connectivity index (χ1n) is 8.44. The van der Waals surface area contributed by atoms with Crippen LogP contribution in [0.5, 0.6) is 0 Å². The van der Waals surface area contributed by atoms with Crippen molar-refractivity contribution in [2.24, 2.45) is 0 Å². The largest absolute Gasteiger partial charge is 0.397 e. The lowest BCUT2D eigenvalue weighted by molar-refractivity contribution is 0.570. The summed E-state index contributed by atoms with van der Waals surface area (Å²) in [4.78, 5) is 4.91. The quantitative estimate of drug-likeness (QED) is 0.683. The van der Waals surface area contributed by atoms with Crippen molar-refractivity contribution in [3.63, 3.8) is 0 Å². The molecule has 0 saturated heterocycles. The van der Waals surface area contributed by atoms with Crippen LogP contribution in [0.15, 0.2) is 42.5 Å². The van der Waals surface area contributed by atoms with Gasteiger partial charge in [0, 0.05) is 12.5 Å². The smallest absolute Gasteiger partial charge is 0.113 e. The van der Waals surface area contributed by atoms with E-state index >= 15 is 0 Å². The molecule has 23 heavy (non-hydrogen) atoms. The molecule has 3 aromatic rings. The number of imidazole rings is 1. The monoisotopic (exact) mass is 307 g/mol. The Morgan fingerprint density at radius 1 is 1.04 bits per heavy atom. The average molecular weight is 307 g/mol. The molecule has 3 rings (SSSR count). The lowest BCUT2D eigenvalue weighted by atomic mass is 10.0. The number of nitrogens with two attached hydrogens (primary N) is 1. The number of nitrogens with zero attached hydrogens (tertiary/aromatic N) is 2. The standard InChI is InChI=1S/C20H25N3/c1-4-16(5-2)20-22-19-17(21)7-6-8-18(19)23(20)13-15-11-9-14(3)10-12-15/h6-12,16H,4-5,13,21H2,1-3H3. The number of hydrogen-bond donors (Lipinski definition) is 1. The number of aromatic nitrogens is 2. The Morgan fingerprint density at radius 2 is 1.74 bits per heavy atom. The summed E-state index contributed by atoms with van der Waals surface area (Å²) in [6, 6.07) is 14.8. The molecule has 0 aliphatic rings. The second-order valence-electron chi connectivity index (χ2n) is 6.27. The van der Waals surface area contributed by atoms with Crippen LogP contribution in [0, 0.1) is 6.92 Å². The van der Waals surface area contributed by atoms with Crippen LogP contribution in [0.4, 0.5) is 5.69 Å². The van der Waals surface area contributed by atoms with Crippen molar-refractivity contribution >= 4 is 16.7 Å². The zero-order valence-corrected chi connectivity index (χ0v) is 14.2. The molecule has 0 spiro atoms. The minimum Gasteiger partial charge on any atom is -0.397 e. The predicted octanol–water partition coefficient (Wildman–Crippen LogP) is 4.88. The van der Waals surface area contributed by atoms with Crippen LogP contribution in [-0.4, -0.2) is 9.55 Å². The van der Waals surface area contributed by atoms with E-state index in [1.165, 1.54) is 11.1 Å². The fourth-order valence-electron chi connectivity index (χ4n) is 3.19. The van der Waals surface area contributed by atoms with Crippen LogP contribution in [0.3, 0.4) is 0 Å². The van der Waals surface area contributed by atoms with E-state index in [9.17, 15) is 0 Å². The van der Waals surface area contributed by atoms with Gasteiger partial charge < -0.3 is 10.3 Å². The van der Waals surface area contributed by atoms with Crippen molar-refractivity contribution in [1.29, 1.82) is 0 Å². The maximum absolute atomic E-state index is 6.16. The molecular weight excluding hydrogens is 282 g/mol. The van der Waals surface area contributed by atoms with Crippen LogP contribution in [0.1, 0.15) is 49.6 Å². The second kappa shape index (κ2) is 6.45. The third-order valence-corrected chi connectivity index (χ3v) is 4.65. The van der Waals surface area contributed by atoms with Crippen molar-refractivity contribution in [2.75, 3.05) is 5.73 Å². The van der Waals surface area contributed by atoms with Crippen LogP contribution in [-0.2, 0) is 6.54 Å². The Bertz CT molecular complexity index is 796. The second-order valence-corrected chi connectivity index (χ2v) is 6.27. The summed E-state index contributed by atoms with van der Waals surface area (Å²) >= 11 is 0. The molecular formula is C20H25N3. The number of para-hydroxylation sites is 1. The summed E-state index contributed by atoms with van der Waals surface area (Å²) in [6.07, 6.45) is 2.18. The van der Waals surface area contributed by atoms with Gasteiger partial charge in [-0.1, -0.05) is 49.7 Å². The molecule has 2 aromatic carbocycles. The molecule has 1 aromatic heterocycles. The first-order chi connectivity index (χ1) is 11.1. The zero-order chi connectivity index (χ0) is 16.4. The normalized spacial score (nSPS) is 11.5. The Balaban J connectivity index is 2.13. The Labute approximate surface area is 138 Å². The van der Waals surface area contributed by atoms with Gasteiger partial charge in [0.1, 0.15) is 11.3 Å². The summed E-state index contributed by atoms with van der Waals surface area (Å²) < 4.78 is 2.34. The lowest BCUT2D eigenvalue weighted by Crippen LogP contribution is -2.09. The maximum atomic E-state index is 6.16. The Morgan fingerprint density at radius 3 is 2.39 bits per heavy atom. The van der Waals surface area contributed by atoms with Gasteiger partial charge in [-0.2, -0.15) is 0 Å². The third-order valence-electron chi connectivity index (χ3n) is 4.65. The van der Waals surface area contributed by atoms with Crippen LogP contribution in [0.25, 0.3) is 11.0 Å². The van der Waals surface area contributed by atoms with E-state index in [2.05, 4.69) is 55.7 Å². The highest BCUT2D eigenvalue weighted by molar-refractivity contribution is 5.87. The SMILES string of the molecule is CCC(CC)c1nc2c(N)cccc2n1Cc1ccc(C)cc1. The fraction of sp³-hybridized carbons (Fsp3) is 0.350. The van der Waals surface area contributed by atoms with Gasteiger partial charge in [-0.25, -0.2) is 4.98 Å². The number of benzene rings is 2. The van der Waals surface area contributed by atoms with Gasteiger partial charge in [-0.15, -0.1) is 0 Å². The number of aryl methyl sites for hydroxylation is 1. The molecule has 1 heterocycles. The number of anilines is 1. The number of hydrogen-bond acceptors (Lipinski definition) is 2. The van der Waals surface area contributed by atoms with E-state index in [0.717, 1.165) is 41.9 Å². The van der Waals surface area contributed by atoms with Gasteiger partial charge in [0.25, 0.3) is 0 Å². The highest BCUT2D eigenvalue weighted by Gasteiger charge is 2.18. The number of nitrogen functional groups attached to an aromatic ring is 1. The highest BCUT2D eigenvalue weighted by Crippen LogP contribution is 2.30. The van der Waals surface area contributed by atoms with Crippen LogP contribution >= 0.6 is 0 Å². The van der Waals surface area contributed by atoms with Crippen molar-refractivity contribution < 1.29 is 0 Å². The number of fused-ring (bicyclic) bond motifs is 1. The maximum Gasteiger partial charge on any atom is 0.113 e. The minimum atomic E-state index is 0.465. The first-order valence-corrected chi connectivity index (χ1v) is 8.44. The molecule has 0 aliphatic heterocycles. The van der Waals surface area contributed by atoms with Gasteiger partial charge in [0.05, 0.1) is 11.2 Å². The molecule has 0 atom stereocenters. The lowest BCUT2D eigenvalue weighted by Gasteiger charge is -2.16. The molecule has 120 valence electrons. The van der Waals surface area contributed by atoms with Crippen molar-refractivity contribution in [2.45, 2.75) is 46.1 Å². The summed E-state index contributed by atoms with van der Waals surface area (Å²) in [6.45, 7) is 7.42. The van der Waals surface area contributed by atoms with E-state index < -0.39 is 0 Å². The molecule has 0 unspecified atom stereocenters. The first kappa shape index (κ1) is 15.6. The minimum absolute atomic E-state index is 0.465. The topological polar surface area (TPSA) is 43.8 Å². The van der Waals surface area contributed by atoms with Crippen molar-refractivity contribution in [3.8, 4) is 0 Å². The van der Waals surface area contributed by atoms with E-state index in [1.54, 1.807) is 0 Å². The van der Waals surface area contributed by atoms with Gasteiger partial charge in [-0.05, 0) is 37.5 Å². The van der Waals surface area contributed by atoms with Crippen LogP contribution < -0.4 is 5.73 Å². The van der Waals surface area contributed by atoms with Gasteiger partial charge in [0.15, 0.2) is 0 Å². The molecule has 0 bridgehead atoms. The summed E-state index contributed by atoms with van der Waals surface area (Å²) in [7, 11) is 0. The molecule has 3 heteroatoms. The van der Waals surface area contributed by atoms with E-state index in [4.69, 9.17) is 10.7 Å². The van der Waals surface area contributed by atoms with Crippen LogP contribution in [0.2, 0.25) is 0 Å². The summed E-state index contributed by atoms with van der Waals surface area (Å²) in [5.74, 6) is 1.62. The molecule has 0 aliphatic carbocycles. The molecule has 2 N–H and O–H groups in total. The highest BCUT2D eigenvalue weighted by atomic mass is 15.1. The molecule has 0 saturated carbocycles. The average Bonchev–Trinajstić information content (AvgIpc) is 2.91. The Hall–Kier alpha value is -2.29. The fourth-order valence-corrected chi connectivity index (χ4v) is 3.19. The summed E-state index contributed by atoms with van der Waals surface area (Å²) in [5, 5.41) is 0. The van der Waals surface area contributed by atoms with Crippen molar-refractivity contribution in [3.05, 3.63) is 59.4 Å². The van der Waals surface area contributed by atoms with Gasteiger partial charge >= 0.3 is 0 Å². The van der Waals surface area contributed by atoms with Crippen molar-refractivity contribution in [1.82, 2.24) is 9.55 Å². The number of rotatable bonds is 5. The van der Waals surface area contributed by atoms with E-state index in [0.29, 0.717) is 5.92 Å². The molecule has 0 radical (unpaired) electrons. The molecule has 0 fully saturated rings.